The summed E-state index contributed by atoms with van der Waals surface area (Å²) in [7, 11) is 0. The van der Waals surface area contributed by atoms with Crippen molar-refractivity contribution in [2.24, 2.45) is 0 Å². The molecule has 0 spiro atoms. The van der Waals surface area contributed by atoms with Gasteiger partial charge in [0.2, 0.25) is 11.0 Å². The molecular formula is C17H20N6OS2. The van der Waals surface area contributed by atoms with E-state index in [-0.39, 0.29) is 17.2 Å². The number of amides is 1. The van der Waals surface area contributed by atoms with E-state index in [1.165, 1.54) is 23.1 Å². The number of nitrogens with zero attached hydrogens (tertiary/aromatic N) is 4. The maximum Gasteiger partial charge on any atom is 0.238 e. The van der Waals surface area contributed by atoms with Crippen LogP contribution in [-0.4, -0.2) is 31.1 Å². The third-order valence-electron chi connectivity index (χ3n) is 3.49. The number of anilines is 3. The van der Waals surface area contributed by atoms with Gasteiger partial charge in [0.15, 0.2) is 4.34 Å². The van der Waals surface area contributed by atoms with Crippen LogP contribution in [0.2, 0.25) is 0 Å². The maximum absolute atomic E-state index is 12.5. The van der Waals surface area contributed by atoms with Gasteiger partial charge in [0.1, 0.15) is 5.82 Å². The highest BCUT2D eigenvalue weighted by molar-refractivity contribution is 8.02. The van der Waals surface area contributed by atoms with Crippen molar-refractivity contribution < 1.29 is 4.79 Å². The number of hydrogen-bond acceptors (Lipinski definition) is 7. The summed E-state index contributed by atoms with van der Waals surface area (Å²) in [6, 6.07) is 11.8. The van der Waals surface area contributed by atoms with Gasteiger partial charge >= 0.3 is 0 Å². The Kier molecular flexibility index (Phi) is 5.89. The molecule has 0 fully saturated rings. The summed E-state index contributed by atoms with van der Waals surface area (Å²) in [4.78, 5) is 12.5. The van der Waals surface area contributed by atoms with E-state index in [1.54, 1.807) is 16.9 Å². The molecule has 9 heteroatoms. The van der Waals surface area contributed by atoms with Crippen LogP contribution in [0.5, 0.6) is 0 Å². The van der Waals surface area contributed by atoms with Crippen LogP contribution in [0, 0.1) is 0 Å². The van der Waals surface area contributed by atoms with Gasteiger partial charge in [-0.05, 0) is 32.9 Å². The summed E-state index contributed by atoms with van der Waals surface area (Å²) in [5.41, 5.74) is 0.952. The fraction of sp³-hybridized carbons (Fsp3) is 0.294. The molecule has 0 unspecified atom stereocenters. The van der Waals surface area contributed by atoms with Crippen molar-refractivity contribution in [1.29, 1.82) is 0 Å². The van der Waals surface area contributed by atoms with E-state index in [1.807, 2.05) is 51.1 Å². The third-order valence-corrected chi connectivity index (χ3v) is 5.51. The second-order valence-electron chi connectivity index (χ2n) is 5.87. The minimum absolute atomic E-state index is 0.0924. The first kappa shape index (κ1) is 18.4. The number of hydrogen-bond donors (Lipinski definition) is 2. The number of nitrogens with one attached hydrogen (secondary N) is 2. The molecule has 0 bridgehead atoms. The van der Waals surface area contributed by atoms with Crippen molar-refractivity contribution in [3.8, 4) is 0 Å². The lowest BCUT2D eigenvalue weighted by atomic mass is 10.3. The topological polar surface area (TPSA) is 84.7 Å². The lowest BCUT2D eigenvalue weighted by molar-refractivity contribution is -0.115. The average Bonchev–Trinajstić information content (AvgIpc) is 3.25. The monoisotopic (exact) mass is 388 g/mol. The first-order valence-corrected chi connectivity index (χ1v) is 9.89. The molecule has 0 saturated carbocycles. The molecule has 136 valence electrons. The zero-order chi connectivity index (χ0) is 18.5. The van der Waals surface area contributed by atoms with Crippen molar-refractivity contribution in [3.05, 3.63) is 42.6 Å². The Hall–Kier alpha value is -2.39. The van der Waals surface area contributed by atoms with Gasteiger partial charge in [0.05, 0.1) is 11.4 Å². The minimum Gasteiger partial charge on any atom is -0.330 e. The number of para-hydroxylation sites is 1. The number of carbonyl (C=O) groups is 1. The zero-order valence-electron chi connectivity index (χ0n) is 14.7. The number of rotatable bonds is 7. The average molecular weight is 389 g/mol. The van der Waals surface area contributed by atoms with E-state index in [9.17, 15) is 4.79 Å². The van der Waals surface area contributed by atoms with Gasteiger partial charge < -0.3 is 10.6 Å². The Labute approximate surface area is 160 Å². The molecule has 0 aliphatic rings. The quantitative estimate of drug-likeness (QED) is 0.591. The highest BCUT2D eigenvalue weighted by Crippen LogP contribution is 2.30. The summed E-state index contributed by atoms with van der Waals surface area (Å²) in [5, 5.41) is 19.0. The van der Waals surface area contributed by atoms with Crippen LogP contribution in [0.15, 0.2) is 46.9 Å². The molecule has 26 heavy (non-hydrogen) atoms. The Morgan fingerprint density at radius 3 is 2.65 bits per heavy atom. The van der Waals surface area contributed by atoms with Gasteiger partial charge in [-0.2, -0.15) is 5.10 Å². The van der Waals surface area contributed by atoms with Gasteiger partial charge in [0.25, 0.3) is 0 Å². The third kappa shape index (κ3) is 4.61. The molecule has 1 amide bonds. The van der Waals surface area contributed by atoms with Gasteiger partial charge in [-0.15, -0.1) is 10.2 Å². The van der Waals surface area contributed by atoms with Crippen molar-refractivity contribution in [2.45, 2.75) is 36.4 Å². The SMILES string of the molecule is CC(C)n1nccc1NC(=O)[C@H](C)Sc1nnc(Nc2ccccc2)s1. The molecule has 7 nitrogen and oxygen atoms in total. The lowest BCUT2D eigenvalue weighted by Gasteiger charge is -2.14. The summed E-state index contributed by atoms with van der Waals surface area (Å²) in [6.45, 7) is 5.88. The van der Waals surface area contributed by atoms with Crippen molar-refractivity contribution >= 4 is 45.6 Å². The van der Waals surface area contributed by atoms with Crippen LogP contribution in [0.3, 0.4) is 0 Å². The first-order chi connectivity index (χ1) is 12.5. The van der Waals surface area contributed by atoms with E-state index in [0.29, 0.717) is 10.9 Å². The van der Waals surface area contributed by atoms with Crippen LogP contribution in [0.4, 0.5) is 16.6 Å². The summed E-state index contributed by atoms with van der Waals surface area (Å²) in [5.74, 6) is 0.603. The molecule has 2 aromatic heterocycles. The van der Waals surface area contributed by atoms with Gasteiger partial charge in [-0.3, -0.25) is 4.79 Å². The van der Waals surface area contributed by atoms with E-state index < -0.39 is 0 Å². The first-order valence-electron chi connectivity index (χ1n) is 8.19. The number of thioether (sulfide) groups is 1. The fourth-order valence-corrected chi connectivity index (χ4v) is 4.13. The molecule has 3 aromatic rings. The Balaban J connectivity index is 1.58. The van der Waals surface area contributed by atoms with Crippen LogP contribution in [0.25, 0.3) is 0 Å². The van der Waals surface area contributed by atoms with E-state index in [4.69, 9.17) is 0 Å². The molecule has 0 saturated heterocycles. The molecule has 2 heterocycles. The number of aromatic nitrogens is 4. The van der Waals surface area contributed by atoms with Crippen molar-refractivity contribution in [2.75, 3.05) is 10.6 Å². The zero-order valence-corrected chi connectivity index (χ0v) is 16.3. The Morgan fingerprint density at radius 2 is 1.92 bits per heavy atom. The van der Waals surface area contributed by atoms with Crippen molar-refractivity contribution in [3.63, 3.8) is 0 Å². The van der Waals surface area contributed by atoms with Gasteiger partial charge in [-0.25, -0.2) is 4.68 Å². The summed E-state index contributed by atoms with van der Waals surface area (Å²) >= 11 is 2.80. The predicted molar refractivity (Wildman–Crippen MR) is 106 cm³/mol. The lowest BCUT2D eigenvalue weighted by Crippen LogP contribution is -2.24. The molecule has 1 atom stereocenters. The Bertz CT molecular complexity index is 861. The van der Waals surface area contributed by atoms with E-state index in [2.05, 4.69) is 25.9 Å². The summed E-state index contributed by atoms with van der Waals surface area (Å²) < 4.78 is 2.52. The molecule has 0 aliphatic carbocycles. The predicted octanol–water partition coefficient (Wildman–Crippen LogP) is 4.18. The normalized spacial score (nSPS) is 12.2. The molecule has 0 radical (unpaired) electrons. The highest BCUT2D eigenvalue weighted by atomic mass is 32.2. The molecule has 1 aromatic carbocycles. The standard InChI is InChI=1S/C17H20N6OS2/c1-11(2)23-14(9-10-18-23)20-15(24)12(3)25-17-22-21-16(26-17)19-13-7-5-4-6-8-13/h4-12H,1-3H3,(H,19,21)(H,20,24)/t12-/m0/s1. The van der Waals surface area contributed by atoms with E-state index in [0.717, 1.165) is 10.0 Å². The fourth-order valence-electron chi connectivity index (χ4n) is 2.21. The van der Waals surface area contributed by atoms with Crippen LogP contribution < -0.4 is 10.6 Å². The maximum atomic E-state index is 12.5. The molecule has 3 rings (SSSR count). The smallest absolute Gasteiger partial charge is 0.238 e. The second-order valence-corrected chi connectivity index (χ2v) is 8.43. The van der Waals surface area contributed by atoms with Crippen LogP contribution >= 0.6 is 23.1 Å². The minimum atomic E-state index is -0.303. The molecule has 0 aliphatic heterocycles. The number of carbonyl (C=O) groups excluding carboxylic acids is 1. The molecular weight excluding hydrogens is 368 g/mol. The molecule has 2 N–H and O–H groups in total. The second kappa shape index (κ2) is 8.33. The van der Waals surface area contributed by atoms with Crippen LogP contribution in [0.1, 0.15) is 26.8 Å². The summed E-state index contributed by atoms with van der Waals surface area (Å²) in [6.07, 6.45) is 1.68. The largest absolute Gasteiger partial charge is 0.330 e. The van der Waals surface area contributed by atoms with Crippen molar-refractivity contribution in [1.82, 2.24) is 20.0 Å². The van der Waals surface area contributed by atoms with E-state index >= 15 is 0 Å². The Morgan fingerprint density at radius 1 is 1.15 bits per heavy atom. The number of benzene rings is 1. The highest BCUT2D eigenvalue weighted by Gasteiger charge is 2.19. The van der Waals surface area contributed by atoms with Gasteiger partial charge in [-0.1, -0.05) is 41.3 Å². The van der Waals surface area contributed by atoms with Gasteiger partial charge in [0, 0.05) is 17.8 Å². The van der Waals surface area contributed by atoms with Crippen LogP contribution in [-0.2, 0) is 4.79 Å².